The number of hydrogen-bond donors (Lipinski definition) is 2. The van der Waals surface area contributed by atoms with Gasteiger partial charge in [-0.15, -0.1) is 0 Å². The fourth-order valence-electron chi connectivity index (χ4n) is 3.53. The Morgan fingerprint density at radius 2 is 1.66 bits per heavy atom. The number of aromatic nitrogens is 3. The molecule has 2 heterocycles. The molecule has 2 N–H and O–H groups in total. The van der Waals surface area contributed by atoms with Crippen LogP contribution in [0.5, 0.6) is 5.75 Å². The second kappa shape index (κ2) is 8.76. The number of hydrogen-bond acceptors (Lipinski definition) is 7. The van der Waals surface area contributed by atoms with E-state index >= 15 is 0 Å². The van der Waals surface area contributed by atoms with Crippen LogP contribution in [0.25, 0.3) is 0 Å². The Balaban J connectivity index is 1.81. The van der Waals surface area contributed by atoms with Crippen molar-refractivity contribution in [3.05, 3.63) is 100 Å². The Kier molecular flexibility index (Phi) is 5.71. The lowest BCUT2D eigenvalue weighted by Crippen LogP contribution is -2.34. The number of aromatic hydroxyl groups is 1. The SMILES string of the molecule is CN(c1nc(C(=O)Nc2ccon2)c(O)c(=O)n1C)C(c1ccccc1)c1ccccc1. The second-order valence-corrected chi connectivity index (χ2v) is 7.15. The lowest BCUT2D eigenvalue weighted by molar-refractivity contribution is 0.101. The third kappa shape index (κ3) is 3.95. The van der Waals surface area contributed by atoms with Gasteiger partial charge in [-0.3, -0.25) is 14.2 Å². The van der Waals surface area contributed by atoms with Gasteiger partial charge in [0.25, 0.3) is 11.5 Å². The van der Waals surface area contributed by atoms with E-state index in [1.54, 1.807) is 11.9 Å². The van der Waals surface area contributed by atoms with Crippen LogP contribution in [0.3, 0.4) is 0 Å². The third-order valence-corrected chi connectivity index (χ3v) is 5.07. The van der Waals surface area contributed by atoms with Crippen LogP contribution in [0.4, 0.5) is 11.8 Å². The van der Waals surface area contributed by atoms with Crippen molar-refractivity contribution in [1.82, 2.24) is 14.7 Å². The van der Waals surface area contributed by atoms with E-state index in [-0.39, 0.29) is 17.8 Å². The molecule has 0 aliphatic heterocycles. The Morgan fingerprint density at radius 1 is 1.06 bits per heavy atom. The number of amides is 1. The first-order valence-electron chi connectivity index (χ1n) is 9.82. The van der Waals surface area contributed by atoms with Crippen molar-refractivity contribution in [3.63, 3.8) is 0 Å². The van der Waals surface area contributed by atoms with Crippen LogP contribution in [0, 0.1) is 0 Å². The van der Waals surface area contributed by atoms with E-state index < -0.39 is 22.9 Å². The van der Waals surface area contributed by atoms with Gasteiger partial charge in [0.1, 0.15) is 6.26 Å². The molecular weight excluding hydrogens is 410 g/mol. The molecule has 0 aliphatic rings. The normalized spacial score (nSPS) is 10.8. The molecule has 0 spiro atoms. The largest absolute Gasteiger partial charge is 0.501 e. The highest BCUT2D eigenvalue weighted by Gasteiger charge is 2.27. The van der Waals surface area contributed by atoms with E-state index in [0.29, 0.717) is 0 Å². The summed E-state index contributed by atoms with van der Waals surface area (Å²) in [7, 11) is 3.27. The monoisotopic (exact) mass is 431 g/mol. The Hall–Kier alpha value is -4.40. The van der Waals surface area contributed by atoms with Crippen LogP contribution in [0.2, 0.25) is 0 Å². The number of rotatable bonds is 6. The minimum Gasteiger partial charge on any atom is -0.501 e. The maximum Gasteiger partial charge on any atom is 0.297 e. The van der Waals surface area contributed by atoms with Crippen molar-refractivity contribution in [2.45, 2.75) is 6.04 Å². The average molecular weight is 431 g/mol. The van der Waals surface area contributed by atoms with Gasteiger partial charge < -0.3 is 19.8 Å². The highest BCUT2D eigenvalue weighted by Crippen LogP contribution is 2.31. The van der Waals surface area contributed by atoms with Gasteiger partial charge in [-0.1, -0.05) is 65.8 Å². The quantitative estimate of drug-likeness (QED) is 0.482. The number of carbonyl (C=O) groups excluding carboxylic acids is 1. The molecule has 0 aliphatic carbocycles. The zero-order valence-electron chi connectivity index (χ0n) is 17.5. The topological polar surface area (TPSA) is 113 Å². The number of nitrogens with one attached hydrogen (secondary N) is 1. The van der Waals surface area contributed by atoms with Crippen molar-refractivity contribution >= 4 is 17.7 Å². The van der Waals surface area contributed by atoms with Crippen molar-refractivity contribution < 1.29 is 14.4 Å². The first-order chi connectivity index (χ1) is 15.5. The first kappa shape index (κ1) is 20.9. The summed E-state index contributed by atoms with van der Waals surface area (Å²) in [6, 6.07) is 20.6. The molecule has 1 amide bonds. The molecule has 0 saturated carbocycles. The molecule has 9 heteroatoms. The standard InChI is InChI=1S/C23H21N5O4/c1-27(19(15-9-5-3-6-10-15)16-11-7-4-8-12-16)23-25-18(20(29)22(31)28(23)2)21(30)24-17-13-14-32-26-17/h3-14,19,29H,1-2H3,(H,24,26,30). The summed E-state index contributed by atoms with van der Waals surface area (Å²) in [6.45, 7) is 0. The average Bonchev–Trinajstić information content (AvgIpc) is 3.32. The minimum atomic E-state index is -0.778. The molecule has 0 radical (unpaired) electrons. The van der Waals surface area contributed by atoms with Crippen LogP contribution in [-0.4, -0.2) is 32.8 Å². The van der Waals surface area contributed by atoms with E-state index in [1.807, 2.05) is 60.7 Å². The first-order valence-corrected chi connectivity index (χ1v) is 9.82. The van der Waals surface area contributed by atoms with Gasteiger partial charge in [0.05, 0.1) is 6.04 Å². The van der Waals surface area contributed by atoms with Crippen LogP contribution in [0.1, 0.15) is 27.7 Å². The molecule has 0 fully saturated rings. The summed E-state index contributed by atoms with van der Waals surface area (Å²) in [4.78, 5) is 31.6. The minimum absolute atomic E-state index is 0.137. The van der Waals surface area contributed by atoms with E-state index in [0.717, 1.165) is 11.1 Å². The van der Waals surface area contributed by atoms with Gasteiger partial charge >= 0.3 is 0 Å². The lowest BCUT2D eigenvalue weighted by Gasteiger charge is -2.31. The predicted molar refractivity (Wildman–Crippen MR) is 119 cm³/mol. The number of carbonyl (C=O) groups is 1. The zero-order valence-corrected chi connectivity index (χ0v) is 17.5. The lowest BCUT2D eigenvalue weighted by atomic mass is 9.97. The summed E-state index contributed by atoms with van der Waals surface area (Å²) in [5.41, 5.74) is 0.791. The molecule has 9 nitrogen and oxygen atoms in total. The third-order valence-electron chi connectivity index (χ3n) is 5.07. The Morgan fingerprint density at radius 3 is 2.19 bits per heavy atom. The molecule has 0 saturated heterocycles. The summed E-state index contributed by atoms with van der Waals surface area (Å²) >= 11 is 0. The van der Waals surface area contributed by atoms with E-state index in [1.165, 1.54) is 23.9 Å². The molecular formula is C23H21N5O4. The fraction of sp³-hybridized carbons (Fsp3) is 0.130. The summed E-state index contributed by atoms with van der Waals surface area (Å²) in [6.07, 6.45) is 1.29. The van der Waals surface area contributed by atoms with E-state index in [4.69, 9.17) is 4.52 Å². The Labute approximate surface area is 183 Å². The molecule has 2 aromatic heterocycles. The highest BCUT2D eigenvalue weighted by atomic mass is 16.5. The summed E-state index contributed by atoms with van der Waals surface area (Å²) in [5.74, 6) is -1.18. The maximum atomic E-state index is 12.7. The number of nitrogens with zero attached hydrogens (tertiary/aromatic N) is 4. The molecule has 4 aromatic rings. The number of anilines is 2. The van der Waals surface area contributed by atoms with E-state index in [2.05, 4.69) is 15.5 Å². The van der Waals surface area contributed by atoms with Gasteiger partial charge in [-0.05, 0) is 11.1 Å². The summed E-state index contributed by atoms with van der Waals surface area (Å²) in [5, 5.41) is 16.4. The smallest absolute Gasteiger partial charge is 0.297 e. The van der Waals surface area contributed by atoms with Crippen molar-refractivity contribution in [1.29, 1.82) is 0 Å². The van der Waals surface area contributed by atoms with Gasteiger partial charge in [0.15, 0.2) is 11.5 Å². The second-order valence-electron chi connectivity index (χ2n) is 7.15. The van der Waals surface area contributed by atoms with Crippen LogP contribution < -0.4 is 15.8 Å². The van der Waals surface area contributed by atoms with E-state index in [9.17, 15) is 14.7 Å². The van der Waals surface area contributed by atoms with Crippen LogP contribution in [-0.2, 0) is 7.05 Å². The molecule has 0 bridgehead atoms. The Bertz CT molecular complexity index is 1230. The van der Waals surface area contributed by atoms with Crippen LogP contribution >= 0.6 is 0 Å². The van der Waals surface area contributed by atoms with Gasteiger partial charge in [0.2, 0.25) is 11.7 Å². The van der Waals surface area contributed by atoms with Crippen molar-refractivity contribution in [2.24, 2.45) is 7.05 Å². The highest BCUT2D eigenvalue weighted by molar-refractivity contribution is 6.04. The van der Waals surface area contributed by atoms with Gasteiger partial charge in [-0.2, -0.15) is 0 Å². The molecule has 4 rings (SSSR count). The molecule has 0 atom stereocenters. The zero-order chi connectivity index (χ0) is 22.7. The molecule has 0 unspecified atom stereocenters. The fourth-order valence-corrected chi connectivity index (χ4v) is 3.53. The maximum absolute atomic E-state index is 12.7. The molecule has 2 aromatic carbocycles. The summed E-state index contributed by atoms with van der Waals surface area (Å²) < 4.78 is 5.90. The molecule has 32 heavy (non-hydrogen) atoms. The number of benzene rings is 2. The van der Waals surface area contributed by atoms with Gasteiger partial charge in [0, 0.05) is 20.2 Å². The predicted octanol–water partition coefficient (Wildman–Crippen LogP) is 2.95. The van der Waals surface area contributed by atoms with Crippen LogP contribution in [0.15, 0.2) is 82.3 Å². The van der Waals surface area contributed by atoms with Gasteiger partial charge in [-0.25, -0.2) is 4.98 Å². The van der Waals surface area contributed by atoms with Crippen molar-refractivity contribution in [3.8, 4) is 5.75 Å². The van der Waals surface area contributed by atoms with Crippen molar-refractivity contribution in [2.75, 3.05) is 17.3 Å². The molecule has 162 valence electrons.